The van der Waals surface area contributed by atoms with Crippen LogP contribution in [-0.4, -0.2) is 53.2 Å². The quantitative estimate of drug-likeness (QED) is 0.647. The maximum Gasteiger partial charge on any atom is 0.258 e. The molecule has 9 heteroatoms. The minimum Gasteiger partial charge on any atom is -0.295 e. The average Bonchev–Trinajstić information content (AvgIpc) is 2.69. The van der Waals surface area contributed by atoms with Gasteiger partial charge in [0.05, 0.1) is 10.6 Å². The van der Waals surface area contributed by atoms with Gasteiger partial charge in [0.25, 0.3) is 5.56 Å². The maximum atomic E-state index is 13.4. The van der Waals surface area contributed by atoms with Crippen LogP contribution in [0.4, 0.5) is 4.39 Å². The fourth-order valence-corrected chi connectivity index (χ4v) is 4.93. The van der Waals surface area contributed by atoms with Gasteiger partial charge < -0.3 is 0 Å². The molecule has 1 aromatic carbocycles. The van der Waals surface area contributed by atoms with Crippen LogP contribution in [0.3, 0.4) is 0 Å². The summed E-state index contributed by atoms with van der Waals surface area (Å²) in [6.07, 6.45) is 1.75. The second-order valence-electron chi connectivity index (χ2n) is 7.16. The molecule has 1 fully saturated rings. The van der Waals surface area contributed by atoms with Crippen molar-refractivity contribution in [2.24, 2.45) is 0 Å². The first-order valence-corrected chi connectivity index (χ1v) is 10.7. The summed E-state index contributed by atoms with van der Waals surface area (Å²) < 4.78 is 41.7. The zero-order valence-electron chi connectivity index (χ0n) is 16.0. The van der Waals surface area contributed by atoms with E-state index < -0.39 is 15.8 Å². The van der Waals surface area contributed by atoms with Crippen molar-refractivity contribution in [3.8, 4) is 0 Å². The molecule has 1 aliphatic heterocycles. The summed E-state index contributed by atoms with van der Waals surface area (Å²) in [7, 11) is -3.72. The Kier molecular flexibility index (Phi) is 5.20. The molecule has 0 bridgehead atoms. The van der Waals surface area contributed by atoms with Crippen LogP contribution in [-0.2, 0) is 16.6 Å². The Bertz CT molecular complexity index is 1220. The minimum absolute atomic E-state index is 0.0366. The van der Waals surface area contributed by atoms with Crippen molar-refractivity contribution in [2.45, 2.75) is 18.4 Å². The third-order valence-corrected chi connectivity index (χ3v) is 6.91. The molecule has 4 rings (SSSR count). The number of nitrogens with zero attached hydrogens (tertiary/aromatic N) is 4. The number of benzene rings is 1. The van der Waals surface area contributed by atoms with Gasteiger partial charge in [0.1, 0.15) is 11.5 Å². The molecule has 0 aliphatic carbocycles. The van der Waals surface area contributed by atoms with Crippen molar-refractivity contribution in [3.63, 3.8) is 0 Å². The van der Waals surface area contributed by atoms with Gasteiger partial charge in [-0.1, -0.05) is 12.1 Å². The number of fused-ring (bicyclic) bond motifs is 1. The number of hydrogen-bond donors (Lipinski definition) is 0. The SMILES string of the molecule is Cc1ccc2nc(CN3CCN(S(=O)(=O)c4cccc(F)c4)CC3)cc(=O)n2c1. The second-order valence-corrected chi connectivity index (χ2v) is 9.10. The number of rotatable bonds is 4. The first-order chi connectivity index (χ1) is 13.8. The lowest BCUT2D eigenvalue weighted by Gasteiger charge is -2.33. The Balaban J connectivity index is 1.46. The first-order valence-electron chi connectivity index (χ1n) is 9.30. The molecule has 7 nitrogen and oxygen atoms in total. The lowest BCUT2D eigenvalue weighted by Crippen LogP contribution is -2.48. The lowest BCUT2D eigenvalue weighted by molar-refractivity contribution is 0.180. The van der Waals surface area contributed by atoms with E-state index in [-0.39, 0.29) is 10.5 Å². The summed E-state index contributed by atoms with van der Waals surface area (Å²) in [5.74, 6) is -0.575. The van der Waals surface area contributed by atoms with Crippen LogP contribution in [0.25, 0.3) is 5.65 Å². The molecular formula is C20H21FN4O3S. The van der Waals surface area contributed by atoms with Crippen molar-refractivity contribution in [1.82, 2.24) is 18.6 Å². The molecular weight excluding hydrogens is 395 g/mol. The molecule has 1 aliphatic rings. The van der Waals surface area contributed by atoms with E-state index in [0.717, 1.165) is 11.6 Å². The fraction of sp³-hybridized carbons (Fsp3) is 0.300. The zero-order chi connectivity index (χ0) is 20.6. The molecule has 1 saturated heterocycles. The van der Waals surface area contributed by atoms with Gasteiger partial charge >= 0.3 is 0 Å². The van der Waals surface area contributed by atoms with E-state index in [1.807, 2.05) is 19.1 Å². The third-order valence-electron chi connectivity index (χ3n) is 5.01. The van der Waals surface area contributed by atoms with Gasteiger partial charge in [-0.15, -0.1) is 0 Å². The topological polar surface area (TPSA) is 75.0 Å². The van der Waals surface area contributed by atoms with Crippen molar-refractivity contribution >= 4 is 15.7 Å². The number of hydrogen-bond acceptors (Lipinski definition) is 5. The Labute approximate surface area is 168 Å². The number of aromatic nitrogens is 2. The molecule has 152 valence electrons. The molecule has 0 unspecified atom stereocenters. The van der Waals surface area contributed by atoms with Crippen molar-refractivity contribution < 1.29 is 12.8 Å². The molecule has 0 N–H and O–H groups in total. The predicted molar refractivity (Wildman–Crippen MR) is 107 cm³/mol. The van der Waals surface area contributed by atoms with Crippen LogP contribution in [0.1, 0.15) is 11.3 Å². The van der Waals surface area contributed by atoms with Gasteiger partial charge in [0, 0.05) is 45.0 Å². The summed E-state index contributed by atoms with van der Waals surface area (Å²) >= 11 is 0. The van der Waals surface area contributed by atoms with Crippen LogP contribution < -0.4 is 5.56 Å². The van der Waals surface area contributed by atoms with E-state index in [1.54, 1.807) is 6.20 Å². The van der Waals surface area contributed by atoms with E-state index in [1.165, 1.54) is 33.0 Å². The zero-order valence-corrected chi connectivity index (χ0v) is 16.8. The Morgan fingerprint density at radius 2 is 1.83 bits per heavy atom. The van der Waals surface area contributed by atoms with E-state index >= 15 is 0 Å². The van der Waals surface area contributed by atoms with E-state index in [9.17, 15) is 17.6 Å². The van der Waals surface area contributed by atoms with Crippen LogP contribution in [0, 0.1) is 12.7 Å². The lowest BCUT2D eigenvalue weighted by atomic mass is 10.3. The van der Waals surface area contributed by atoms with Crippen LogP contribution in [0.2, 0.25) is 0 Å². The van der Waals surface area contributed by atoms with Crippen molar-refractivity contribution in [3.05, 3.63) is 76.1 Å². The molecule has 2 aromatic heterocycles. The molecule has 0 atom stereocenters. The van der Waals surface area contributed by atoms with Gasteiger partial charge in [-0.25, -0.2) is 17.8 Å². The summed E-state index contributed by atoms with van der Waals surface area (Å²) in [5.41, 5.74) is 2.08. The molecule has 0 saturated carbocycles. The molecule has 29 heavy (non-hydrogen) atoms. The summed E-state index contributed by atoms with van der Waals surface area (Å²) in [4.78, 5) is 18.9. The summed E-state index contributed by atoms with van der Waals surface area (Å²) in [6, 6.07) is 10.3. The van der Waals surface area contributed by atoms with E-state index in [0.29, 0.717) is 44.1 Å². The van der Waals surface area contributed by atoms with Gasteiger partial charge in [0.15, 0.2) is 0 Å². The minimum atomic E-state index is -3.72. The van der Waals surface area contributed by atoms with Crippen molar-refractivity contribution in [1.29, 1.82) is 0 Å². The van der Waals surface area contributed by atoms with Crippen LogP contribution >= 0.6 is 0 Å². The van der Waals surface area contributed by atoms with Gasteiger partial charge in [-0.05, 0) is 36.8 Å². The van der Waals surface area contributed by atoms with Gasteiger partial charge in [-0.3, -0.25) is 14.1 Å². The van der Waals surface area contributed by atoms with Crippen LogP contribution in [0.15, 0.2) is 58.4 Å². The summed E-state index contributed by atoms with van der Waals surface area (Å²) in [6.45, 7) is 3.98. The molecule has 3 heterocycles. The Morgan fingerprint density at radius 3 is 2.55 bits per heavy atom. The van der Waals surface area contributed by atoms with Gasteiger partial charge in [0.2, 0.25) is 10.0 Å². The highest BCUT2D eigenvalue weighted by Gasteiger charge is 2.28. The second kappa shape index (κ2) is 7.66. The van der Waals surface area contributed by atoms with Crippen LogP contribution in [0.5, 0.6) is 0 Å². The third kappa shape index (κ3) is 4.07. The number of sulfonamides is 1. The first kappa shape index (κ1) is 19.7. The maximum absolute atomic E-state index is 13.4. The smallest absolute Gasteiger partial charge is 0.258 e. The van der Waals surface area contributed by atoms with E-state index in [4.69, 9.17) is 0 Å². The monoisotopic (exact) mass is 416 g/mol. The number of pyridine rings is 1. The summed E-state index contributed by atoms with van der Waals surface area (Å²) in [5, 5.41) is 0. The standard InChI is InChI=1S/C20H21FN4O3S/c1-15-5-6-19-22-17(12-20(26)25(19)13-15)14-23-7-9-24(10-8-23)29(27,28)18-4-2-3-16(21)11-18/h2-6,11-13H,7-10,14H2,1H3. The Hall–Kier alpha value is -2.62. The number of aryl methyl sites for hydroxylation is 1. The highest BCUT2D eigenvalue weighted by Crippen LogP contribution is 2.19. The van der Waals surface area contributed by atoms with E-state index in [2.05, 4.69) is 9.88 Å². The van der Waals surface area contributed by atoms with Crippen molar-refractivity contribution in [2.75, 3.05) is 26.2 Å². The molecule has 0 radical (unpaired) electrons. The number of halogens is 1. The predicted octanol–water partition coefficient (Wildman–Crippen LogP) is 1.65. The molecule has 0 spiro atoms. The van der Waals surface area contributed by atoms with Gasteiger partial charge in [-0.2, -0.15) is 4.31 Å². The highest BCUT2D eigenvalue weighted by atomic mass is 32.2. The normalized spacial score (nSPS) is 16.3. The molecule has 0 amide bonds. The fourth-order valence-electron chi connectivity index (χ4n) is 3.47. The largest absolute Gasteiger partial charge is 0.295 e. The average molecular weight is 416 g/mol. The highest BCUT2D eigenvalue weighted by molar-refractivity contribution is 7.89. The Morgan fingerprint density at radius 1 is 1.07 bits per heavy atom. The number of piperazine rings is 1. The molecule has 3 aromatic rings.